The molecule has 1 N–H and O–H groups in total. The summed E-state index contributed by atoms with van der Waals surface area (Å²) >= 11 is 0. The van der Waals surface area contributed by atoms with Crippen LogP contribution in [0.4, 0.5) is 0 Å². The number of ketones is 1. The number of benzene rings is 1. The van der Waals surface area contributed by atoms with Gasteiger partial charge in [-0.25, -0.2) is 0 Å². The number of aliphatic hydroxyl groups is 1. The molecule has 0 spiro atoms. The Morgan fingerprint density at radius 2 is 2.06 bits per heavy atom. The molecule has 98 valence electrons. The van der Waals surface area contributed by atoms with Crippen LogP contribution in [0, 0.1) is 0 Å². The van der Waals surface area contributed by atoms with Gasteiger partial charge in [0.05, 0.1) is 6.61 Å². The van der Waals surface area contributed by atoms with Gasteiger partial charge in [0, 0.05) is 24.6 Å². The number of carbonyl (C=O) groups excluding carboxylic acids is 1. The van der Waals surface area contributed by atoms with Gasteiger partial charge >= 0.3 is 0 Å². The fraction of sp³-hybridized carbons (Fsp3) is 0.533. The van der Waals surface area contributed by atoms with Gasteiger partial charge in [-0.1, -0.05) is 36.8 Å². The zero-order chi connectivity index (χ0) is 12.8. The van der Waals surface area contributed by atoms with Gasteiger partial charge in [0.25, 0.3) is 0 Å². The molecule has 3 nitrogen and oxygen atoms in total. The lowest BCUT2D eigenvalue weighted by molar-refractivity contribution is 0.0793. The summed E-state index contributed by atoms with van der Waals surface area (Å²) in [7, 11) is 0. The first-order valence-electron chi connectivity index (χ1n) is 6.74. The normalized spacial score (nSPS) is 20.8. The number of hydrogen-bond donors (Lipinski definition) is 1. The van der Waals surface area contributed by atoms with Crippen molar-refractivity contribution in [3.05, 3.63) is 35.9 Å². The summed E-state index contributed by atoms with van der Waals surface area (Å²) in [6, 6.07) is 9.69. The Balaban J connectivity index is 1.85. The summed E-state index contributed by atoms with van der Waals surface area (Å²) in [6.45, 7) is 1.98. The molecule has 1 aromatic rings. The van der Waals surface area contributed by atoms with Crippen LogP contribution in [-0.2, 0) is 0 Å². The quantitative estimate of drug-likeness (QED) is 0.810. The molecule has 1 aromatic carbocycles. The van der Waals surface area contributed by atoms with Crippen LogP contribution in [0.2, 0.25) is 0 Å². The number of Topliss-reactive ketones (excluding diaryl/α,β-unsaturated/α-hetero) is 1. The summed E-state index contributed by atoms with van der Waals surface area (Å²) < 4.78 is 0. The van der Waals surface area contributed by atoms with E-state index in [1.807, 2.05) is 30.3 Å². The number of hydrogen-bond acceptors (Lipinski definition) is 3. The van der Waals surface area contributed by atoms with Gasteiger partial charge in [-0.15, -0.1) is 0 Å². The summed E-state index contributed by atoms with van der Waals surface area (Å²) in [6.07, 6.45) is 3.96. The highest BCUT2D eigenvalue weighted by Gasteiger charge is 2.21. The van der Waals surface area contributed by atoms with Crippen molar-refractivity contribution in [2.75, 3.05) is 19.7 Å². The van der Waals surface area contributed by atoms with Gasteiger partial charge in [-0.05, 0) is 19.4 Å². The summed E-state index contributed by atoms with van der Waals surface area (Å²) in [4.78, 5) is 14.2. The molecular formula is C15H21NO2. The number of carbonyl (C=O) groups is 1. The summed E-state index contributed by atoms with van der Waals surface area (Å²) in [5, 5.41) is 9.32. The lowest BCUT2D eigenvalue weighted by Gasteiger charge is -2.34. The van der Waals surface area contributed by atoms with E-state index in [1.54, 1.807) is 0 Å². The minimum absolute atomic E-state index is 0.192. The first-order chi connectivity index (χ1) is 8.81. The molecule has 1 fully saturated rings. The largest absolute Gasteiger partial charge is 0.395 e. The van der Waals surface area contributed by atoms with Gasteiger partial charge in [0.1, 0.15) is 0 Å². The molecule has 0 aliphatic carbocycles. The average Bonchev–Trinajstić information content (AvgIpc) is 2.46. The monoisotopic (exact) mass is 247 g/mol. The van der Waals surface area contributed by atoms with Crippen LogP contribution in [-0.4, -0.2) is 41.5 Å². The molecule has 18 heavy (non-hydrogen) atoms. The fourth-order valence-electron chi connectivity index (χ4n) is 2.57. The minimum Gasteiger partial charge on any atom is -0.395 e. The Morgan fingerprint density at radius 1 is 1.28 bits per heavy atom. The van der Waals surface area contributed by atoms with Gasteiger partial charge in [0.15, 0.2) is 5.78 Å². The molecule has 0 radical (unpaired) electrons. The molecule has 1 atom stereocenters. The number of aliphatic hydroxyl groups excluding tert-OH is 1. The lowest BCUT2D eigenvalue weighted by Crippen LogP contribution is -2.42. The van der Waals surface area contributed by atoms with E-state index in [1.165, 1.54) is 12.8 Å². The van der Waals surface area contributed by atoms with E-state index in [-0.39, 0.29) is 18.4 Å². The Labute approximate surface area is 108 Å². The van der Waals surface area contributed by atoms with E-state index in [9.17, 15) is 9.90 Å². The highest BCUT2D eigenvalue weighted by molar-refractivity contribution is 5.96. The molecule has 3 heteroatoms. The predicted octanol–water partition coefficient (Wildman–Crippen LogP) is 2.11. The van der Waals surface area contributed by atoms with Crippen molar-refractivity contribution in [2.24, 2.45) is 0 Å². The fourth-order valence-corrected chi connectivity index (χ4v) is 2.57. The molecule has 1 unspecified atom stereocenters. The van der Waals surface area contributed by atoms with Gasteiger partial charge in [0.2, 0.25) is 0 Å². The van der Waals surface area contributed by atoms with E-state index in [4.69, 9.17) is 0 Å². The summed E-state index contributed by atoms with van der Waals surface area (Å²) in [5.74, 6) is 0.192. The van der Waals surface area contributed by atoms with Crippen LogP contribution in [0.1, 0.15) is 36.0 Å². The van der Waals surface area contributed by atoms with E-state index in [0.717, 1.165) is 25.1 Å². The Hall–Kier alpha value is -1.19. The van der Waals surface area contributed by atoms with Crippen LogP contribution in [0.3, 0.4) is 0 Å². The van der Waals surface area contributed by atoms with Crippen molar-refractivity contribution in [2.45, 2.75) is 31.7 Å². The molecule has 1 aliphatic rings. The van der Waals surface area contributed by atoms with Gasteiger partial charge in [-0.3, -0.25) is 9.69 Å². The standard InChI is InChI=1S/C15H21NO2/c17-12-14-8-4-5-10-16(14)11-9-15(18)13-6-2-1-3-7-13/h1-3,6-7,14,17H,4-5,8-12H2. The van der Waals surface area contributed by atoms with Gasteiger partial charge < -0.3 is 5.11 Å². The number of likely N-dealkylation sites (tertiary alicyclic amines) is 1. The maximum absolute atomic E-state index is 12.0. The summed E-state index contributed by atoms with van der Waals surface area (Å²) in [5.41, 5.74) is 0.787. The van der Waals surface area contributed by atoms with Crippen molar-refractivity contribution in [3.8, 4) is 0 Å². The van der Waals surface area contributed by atoms with Crippen LogP contribution in [0.25, 0.3) is 0 Å². The number of piperidine rings is 1. The third-order valence-electron chi connectivity index (χ3n) is 3.68. The van der Waals surface area contributed by atoms with E-state index < -0.39 is 0 Å². The SMILES string of the molecule is O=C(CCN1CCCCC1CO)c1ccccc1. The maximum atomic E-state index is 12.0. The topological polar surface area (TPSA) is 40.5 Å². The molecule has 2 rings (SSSR count). The van der Waals surface area contributed by atoms with E-state index in [2.05, 4.69) is 4.90 Å². The van der Waals surface area contributed by atoms with Crippen LogP contribution >= 0.6 is 0 Å². The molecule has 0 bridgehead atoms. The zero-order valence-electron chi connectivity index (χ0n) is 10.7. The highest BCUT2D eigenvalue weighted by Crippen LogP contribution is 2.17. The van der Waals surface area contributed by atoms with Crippen molar-refractivity contribution >= 4 is 5.78 Å². The van der Waals surface area contributed by atoms with Crippen LogP contribution in [0.5, 0.6) is 0 Å². The number of nitrogens with zero attached hydrogens (tertiary/aromatic N) is 1. The number of rotatable bonds is 5. The third kappa shape index (κ3) is 3.40. The van der Waals surface area contributed by atoms with Crippen molar-refractivity contribution in [1.29, 1.82) is 0 Å². The Kier molecular flexibility index (Phi) is 4.90. The van der Waals surface area contributed by atoms with Crippen LogP contribution < -0.4 is 0 Å². The second kappa shape index (κ2) is 6.66. The predicted molar refractivity (Wildman–Crippen MR) is 71.7 cm³/mol. The zero-order valence-corrected chi connectivity index (χ0v) is 10.7. The van der Waals surface area contributed by atoms with Crippen molar-refractivity contribution in [3.63, 3.8) is 0 Å². The van der Waals surface area contributed by atoms with Crippen molar-refractivity contribution in [1.82, 2.24) is 4.90 Å². The molecular weight excluding hydrogens is 226 g/mol. The third-order valence-corrected chi connectivity index (χ3v) is 3.68. The first kappa shape index (κ1) is 13.2. The molecule has 0 aromatic heterocycles. The first-order valence-corrected chi connectivity index (χ1v) is 6.74. The molecule has 0 saturated carbocycles. The Bertz CT molecular complexity index is 377. The van der Waals surface area contributed by atoms with Gasteiger partial charge in [-0.2, -0.15) is 0 Å². The second-order valence-electron chi connectivity index (χ2n) is 4.91. The lowest BCUT2D eigenvalue weighted by atomic mass is 10.0. The van der Waals surface area contributed by atoms with E-state index >= 15 is 0 Å². The smallest absolute Gasteiger partial charge is 0.164 e. The maximum Gasteiger partial charge on any atom is 0.164 e. The molecule has 1 heterocycles. The Morgan fingerprint density at radius 3 is 2.78 bits per heavy atom. The second-order valence-corrected chi connectivity index (χ2v) is 4.91. The average molecular weight is 247 g/mol. The van der Waals surface area contributed by atoms with Crippen molar-refractivity contribution < 1.29 is 9.90 Å². The molecule has 0 amide bonds. The highest BCUT2D eigenvalue weighted by atomic mass is 16.3. The molecule has 1 saturated heterocycles. The van der Waals surface area contributed by atoms with E-state index in [0.29, 0.717) is 6.42 Å². The van der Waals surface area contributed by atoms with Crippen LogP contribution in [0.15, 0.2) is 30.3 Å². The minimum atomic E-state index is 0.192. The molecule has 1 aliphatic heterocycles.